The summed E-state index contributed by atoms with van der Waals surface area (Å²) in [4.78, 5) is 12.6. The van der Waals surface area contributed by atoms with E-state index in [1.807, 2.05) is 66.9 Å². The number of hydrogen-bond donors (Lipinski definition) is 1. The van der Waals surface area contributed by atoms with Crippen LogP contribution < -0.4 is 5.32 Å². The number of amides is 1. The van der Waals surface area contributed by atoms with Crippen molar-refractivity contribution in [3.63, 3.8) is 0 Å². The van der Waals surface area contributed by atoms with Gasteiger partial charge in [-0.3, -0.25) is 4.79 Å². The van der Waals surface area contributed by atoms with E-state index >= 15 is 0 Å². The summed E-state index contributed by atoms with van der Waals surface area (Å²) in [7, 11) is -3.26. The van der Waals surface area contributed by atoms with Crippen LogP contribution in [0.15, 0.2) is 72.9 Å². The molecule has 1 aliphatic heterocycles. The standard InChI is InChI=1S/C24H26N4O3S/c1-32(30,31)27-16-8-11-21(18-27)25-23(29)15-14-20-17-28(22-12-6-3-7-13-22)26-24(20)19-9-4-2-5-10-19/h2-7,9-10,12-15,17,21H,8,11,16,18H2,1H3,(H,25,29)/b15-14+. The third kappa shape index (κ3) is 5.33. The van der Waals surface area contributed by atoms with Crippen molar-refractivity contribution in [2.24, 2.45) is 0 Å². The van der Waals surface area contributed by atoms with E-state index < -0.39 is 10.0 Å². The van der Waals surface area contributed by atoms with Gasteiger partial charge in [0.25, 0.3) is 0 Å². The molecule has 32 heavy (non-hydrogen) atoms. The molecule has 2 heterocycles. The molecular formula is C24H26N4O3S. The molecule has 166 valence electrons. The molecule has 4 rings (SSSR count). The molecule has 0 spiro atoms. The number of nitrogens with zero attached hydrogens (tertiary/aromatic N) is 3. The number of carbonyl (C=O) groups excluding carboxylic acids is 1. The van der Waals surface area contributed by atoms with Gasteiger partial charge in [0.1, 0.15) is 0 Å². The topological polar surface area (TPSA) is 84.3 Å². The van der Waals surface area contributed by atoms with Crippen molar-refractivity contribution < 1.29 is 13.2 Å². The lowest BCUT2D eigenvalue weighted by Gasteiger charge is -2.31. The van der Waals surface area contributed by atoms with Gasteiger partial charge in [0.15, 0.2) is 0 Å². The van der Waals surface area contributed by atoms with Crippen LogP contribution >= 0.6 is 0 Å². The first-order valence-electron chi connectivity index (χ1n) is 10.5. The Morgan fingerprint density at radius 2 is 1.78 bits per heavy atom. The largest absolute Gasteiger partial charge is 0.348 e. The highest BCUT2D eigenvalue weighted by Gasteiger charge is 2.26. The number of carbonyl (C=O) groups is 1. The number of rotatable bonds is 6. The SMILES string of the molecule is CS(=O)(=O)N1CCCC(NC(=O)/C=C/c2cn(-c3ccccc3)nc2-c2ccccc2)C1. The average Bonchev–Trinajstić information content (AvgIpc) is 3.23. The molecule has 1 amide bonds. The van der Waals surface area contributed by atoms with Crippen LogP contribution in [0.2, 0.25) is 0 Å². The van der Waals surface area contributed by atoms with E-state index in [1.54, 1.807) is 10.8 Å². The van der Waals surface area contributed by atoms with E-state index in [-0.39, 0.29) is 11.9 Å². The number of para-hydroxylation sites is 1. The second-order valence-corrected chi connectivity index (χ2v) is 9.86. The van der Waals surface area contributed by atoms with Crippen LogP contribution in [0.25, 0.3) is 23.0 Å². The van der Waals surface area contributed by atoms with E-state index in [1.165, 1.54) is 16.6 Å². The zero-order valence-corrected chi connectivity index (χ0v) is 18.7. The van der Waals surface area contributed by atoms with Gasteiger partial charge in [-0.15, -0.1) is 0 Å². The minimum Gasteiger partial charge on any atom is -0.348 e. The second-order valence-electron chi connectivity index (χ2n) is 7.88. The normalized spacial score (nSPS) is 17.5. The molecule has 1 atom stereocenters. The summed E-state index contributed by atoms with van der Waals surface area (Å²) < 4.78 is 26.8. The molecule has 2 aromatic carbocycles. The van der Waals surface area contributed by atoms with Gasteiger partial charge >= 0.3 is 0 Å². The summed E-state index contributed by atoms with van der Waals surface area (Å²) in [6, 6.07) is 19.4. The summed E-state index contributed by atoms with van der Waals surface area (Å²) in [6.07, 6.45) is 7.82. The summed E-state index contributed by atoms with van der Waals surface area (Å²) in [5.41, 5.74) is 3.48. The molecule has 0 aliphatic carbocycles. The zero-order chi connectivity index (χ0) is 22.6. The van der Waals surface area contributed by atoms with Gasteiger partial charge in [-0.05, 0) is 31.1 Å². The molecule has 1 unspecified atom stereocenters. The molecule has 1 saturated heterocycles. The smallest absolute Gasteiger partial charge is 0.244 e. The Morgan fingerprint density at radius 1 is 1.09 bits per heavy atom. The zero-order valence-electron chi connectivity index (χ0n) is 17.9. The van der Waals surface area contributed by atoms with Crippen molar-refractivity contribution in [2.75, 3.05) is 19.3 Å². The average molecular weight is 451 g/mol. The van der Waals surface area contributed by atoms with Gasteiger partial charge in [-0.25, -0.2) is 17.4 Å². The molecule has 0 saturated carbocycles. The lowest BCUT2D eigenvalue weighted by Crippen LogP contribution is -2.48. The highest BCUT2D eigenvalue weighted by molar-refractivity contribution is 7.88. The molecular weight excluding hydrogens is 424 g/mol. The molecule has 1 N–H and O–H groups in total. The number of benzene rings is 2. The Hall–Kier alpha value is -3.23. The fourth-order valence-electron chi connectivity index (χ4n) is 3.82. The predicted octanol–water partition coefficient (Wildman–Crippen LogP) is 3.09. The van der Waals surface area contributed by atoms with Gasteiger partial charge in [0, 0.05) is 42.5 Å². The van der Waals surface area contributed by atoms with Crippen molar-refractivity contribution >= 4 is 22.0 Å². The molecule has 0 bridgehead atoms. The highest BCUT2D eigenvalue weighted by atomic mass is 32.2. The molecule has 0 radical (unpaired) electrons. The Morgan fingerprint density at radius 3 is 2.47 bits per heavy atom. The molecule has 1 aromatic heterocycles. The number of piperidine rings is 1. The van der Waals surface area contributed by atoms with Gasteiger partial charge in [0.2, 0.25) is 15.9 Å². The first kappa shape index (κ1) is 22.0. The first-order valence-corrected chi connectivity index (χ1v) is 12.4. The number of aromatic nitrogens is 2. The summed E-state index contributed by atoms with van der Waals surface area (Å²) in [6.45, 7) is 0.805. The van der Waals surface area contributed by atoms with Crippen LogP contribution in [-0.4, -0.2) is 53.8 Å². The highest BCUT2D eigenvalue weighted by Crippen LogP contribution is 2.24. The monoisotopic (exact) mass is 450 g/mol. The molecule has 1 fully saturated rings. The third-order valence-corrected chi connectivity index (χ3v) is 6.69. The number of nitrogens with one attached hydrogen (secondary N) is 1. The van der Waals surface area contributed by atoms with Gasteiger partial charge < -0.3 is 5.32 Å². The maximum absolute atomic E-state index is 12.6. The lowest BCUT2D eigenvalue weighted by atomic mass is 10.1. The van der Waals surface area contributed by atoms with Crippen LogP contribution in [0, 0.1) is 0 Å². The quantitative estimate of drug-likeness (QED) is 0.585. The van der Waals surface area contributed by atoms with Crippen LogP contribution in [-0.2, 0) is 14.8 Å². The van der Waals surface area contributed by atoms with Crippen LogP contribution in [0.5, 0.6) is 0 Å². The minimum atomic E-state index is -3.26. The molecule has 1 aliphatic rings. The Bertz CT molecular complexity index is 1200. The van der Waals surface area contributed by atoms with Crippen LogP contribution in [0.3, 0.4) is 0 Å². The predicted molar refractivity (Wildman–Crippen MR) is 126 cm³/mol. The Kier molecular flexibility index (Phi) is 6.53. The molecule has 8 heteroatoms. The fourth-order valence-corrected chi connectivity index (χ4v) is 4.73. The van der Waals surface area contributed by atoms with Gasteiger partial charge in [-0.2, -0.15) is 5.10 Å². The minimum absolute atomic E-state index is 0.198. The fraction of sp³-hybridized carbons (Fsp3) is 0.250. The number of sulfonamides is 1. The summed E-state index contributed by atoms with van der Waals surface area (Å²) in [5, 5.41) is 7.67. The van der Waals surface area contributed by atoms with E-state index in [9.17, 15) is 13.2 Å². The Balaban J connectivity index is 1.54. The number of hydrogen-bond acceptors (Lipinski definition) is 4. The van der Waals surface area contributed by atoms with Crippen LogP contribution in [0.4, 0.5) is 0 Å². The molecule has 3 aromatic rings. The van der Waals surface area contributed by atoms with Crippen LogP contribution in [0.1, 0.15) is 18.4 Å². The lowest BCUT2D eigenvalue weighted by molar-refractivity contribution is -0.117. The van der Waals surface area contributed by atoms with Crippen molar-refractivity contribution in [1.82, 2.24) is 19.4 Å². The summed E-state index contributed by atoms with van der Waals surface area (Å²) in [5.74, 6) is -0.253. The van der Waals surface area contributed by atoms with E-state index in [0.29, 0.717) is 13.1 Å². The van der Waals surface area contributed by atoms with E-state index in [4.69, 9.17) is 5.10 Å². The van der Waals surface area contributed by atoms with Gasteiger partial charge in [-0.1, -0.05) is 48.5 Å². The molecule has 7 nitrogen and oxygen atoms in total. The Labute approximate surface area is 188 Å². The van der Waals surface area contributed by atoms with E-state index in [2.05, 4.69) is 5.32 Å². The van der Waals surface area contributed by atoms with Crippen molar-refractivity contribution in [3.05, 3.63) is 78.5 Å². The van der Waals surface area contributed by atoms with Crippen molar-refractivity contribution in [1.29, 1.82) is 0 Å². The second kappa shape index (κ2) is 9.50. The summed E-state index contributed by atoms with van der Waals surface area (Å²) >= 11 is 0. The maximum atomic E-state index is 12.6. The third-order valence-electron chi connectivity index (χ3n) is 5.42. The first-order chi connectivity index (χ1) is 15.4. The van der Waals surface area contributed by atoms with E-state index in [0.717, 1.165) is 35.3 Å². The van der Waals surface area contributed by atoms with Crippen molar-refractivity contribution in [2.45, 2.75) is 18.9 Å². The maximum Gasteiger partial charge on any atom is 0.244 e. The van der Waals surface area contributed by atoms with Crippen molar-refractivity contribution in [3.8, 4) is 16.9 Å². The van der Waals surface area contributed by atoms with Gasteiger partial charge in [0.05, 0.1) is 17.6 Å².